The maximum Gasteiger partial charge on any atom is 0.341 e. The molecule has 4 rings (SSSR count). The van der Waals surface area contributed by atoms with E-state index in [1.807, 2.05) is 4.90 Å². The maximum absolute atomic E-state index is 12.8. The van der Waals surface area contributed by atoms with Crippen molar-refractivity contribution in [2.45, 2.75) is 32.1 Å². The van der Waals surface area contributed by atoms with Crippen molar-refractivity contribution in [3.8, 4) is 5.75 Å². The number of carboxylic acids is 1. The summed E-state index contributed by atoms with van der Waals surface area (Å²) in [7, 11) is 0. The van der Waals surface area contributed by atoms with E-state index in [1.54, 1.807) is 24.3 Å². The van der Waals surface area contributed by atoms with E-state index >= 15 is 0 Å². The van der Waals surface area contributed by atoms with Gasteiger partial charge >= 0.3 is 5.97 Å². The minimum Gasteiger partial charge on any atom is -0.482 e. The second kappa shape index (κ2) is 9.15. The molecule has 1 aromatic heterocycles. The molecule has 2 aromatic rings. The third-order valence-electron chi connectivity index (χ3n) is 5.79. The lowest BCUT2D eigenvalue weighted by Crippen LogP contribution is -2.39. The van der Waals surface area contributed by atoms with Gasteiger partial charge in [0.1, 0.15) is 11.6 Å². The first-order valence-electron chi connectivity index (χ1n) is 10.5. The summed E-state index contributed by atoms with van der Waals surface area (Å²) in [6, 6.07) is 11.1. The zero-order chi connectivity index (χ0) is 20.9. The number of fused-ring (bicyclic) bond motifs is 1. The van der Waals surface area contributed by atoms with Gasteiger partial charge in [0.15, 0.2) is 6.61 Å². The number of hydrogen-bond donors (Lipinski definition) is 2. The molecule has 0 spiro atoms. The van der Waals surface area contributed by atoms with Crippen molar-refractivity contribution < 1.29 is 19.4 Å². The molecule has 7 nitrogen and oxygen atoms in total. The van der Waals surface area contributed by atoms with Gasteiger partial charge in [-0.3, -0.25) is 4.79 Å². The molecule has 30 heavy (non-hydrogen) atoms. The van der Waals surface area contributed by atoms with Gasteiger partial charge in [-0.2, -0.15) is 0 Å². The highest BCUT2D eigenvalue weighted by atomic mass is 16.5. The van der Waals surface area contributed by atoms with Gasteiger partial charge in [0.2, 0.25) is 0 Å². The highest BCUT2D eigenvalue weighted by Gasteiger charge is 2.24. The Kier molecular flexibility index (Phi) is 6.16. The quantitative estimate of drug-likeness (QED) is 0.762. The van der Waals surface area contributed by atoms with Crippen LogP contribution in [0.25, 0.3) is 0 Å². The zero-order valence-corrected chi connectivity index (χ0v) is 17.0. The number of ether oxygens (including phenoxy) is 1. The van der Waals surface area contributed by atoms with Gasteiger partial charge in [0.25, 0.3) is 5.91 Å². The van der Waals surface area contributed by atoms with E-state index in [0.717, 1.165) is 50.2 Å². The number of hydrogen-bond acceptors (Lipinski definition) is 5. The number of pyridine rings is 1. The monoisotopic (exact) mass is 409 g/mol. The lowest BCUT2D eigenvalue weighted by Gasteiger charge is -2.32. The lowest BCUT2D eigenvalue weighted by molar-refractivity contribution is -0.139. The lowest BCUT2D eigenvalue weighted by atomic mass is 9.91. The normalized spacial score (nSPS) is 16.5. The highest BCUT2D eigenvalue weighted by Crippen LogP contribution is 2.25. The SMILES string of the molecule is O=C(O)COc1cccc(C(=O)N2CCC(Cc3ccc4c(n3)NCCC4)CC2)c1. The van der Waals surface area contributed by atoms with Crippen LogP contribution in [0.2, 0.25) is 0 Å². The van der Waals surface area contributed by atoms with Gasteiger partial charge in [0, 0.05) is 30.9 Å². The van der Waals surface area contributed by atoms with Crippen LogP contribution in [0, 0.1) is 5.92 Å². The second-order valence-electron chi connectivity index (χ2n) is 7.99. The molecule has 0 radical (unpaired) electrons. The molecular weight excluding hydrogens is 382 g/mol. The molecule has 0 aliphatic carbocycles. The Labute approximate surface area is 176 Å². The van der Waals surface area contributed by atoms with Crippen LogP contribution in [0.1, 0.15) is 40.9 Å². The number of aliphatic carboxylic acids is 1. The van der Waals surface area contributed by atoms with Crippen LogP contribution in [-0.2, 0) is 17.6 Å². The fraction of sp³-hybridized carbons (Fsp3) is 0.435. The average Bonchev–Trinajstić information content (AvgIpc) is 2.78. The second-order valence-corrected chi connectivity index (χ2v) is 7.99. The number of carbonyl (C=O) groups is 2. The summed E-state index contributed by atoms with van der Waals surface area (Å²) < 4.78 is 5.19. The van der Waals surface area contributed by atoms with Crippen molar-refractivity contribution in [1.82, 2.24) is 9.88 Å². The number of likely N-dealkylation sites (tertiary alicyclic amines) is 1. The van der Waals surface area contributed by atoms with Gasteiger partial charge < -0.3 is 20.1 Å². The minimum atomic E-state index is -1.04. The highest BCUT2D eigenvalue weighted by molar-refractivity contribution is 5.94. The molecule has 1 amide bonds. The van der Waals surface area contributed by atoms with Gasteiger partial charge in [0.05, 0.1) is 0 Å². The van der Waals surface area contributed by atoms with Crippen LogP contribution in [-0.4, -0.2) is 53.1 Å². The molecule has 158 valence electrons. The van der Waals surface area contributed by atoms with E-state index in [1.165, 1.54) is 5.56 Å². The summed E-state index contributed by atoms with van der Waals surface area (Å²) in [6.07, 6.45) is 5.10. The Balaban J connectivity index is 1.31. The molecule has 0 bridgehead atoms. The summed E-state index contributed by atoms with van der Waals surface area (Å²) >= 11 is 0. The van der Waals surface area contributed by atoms with E-state index in [4.69, 9.17) is 14.8 Å². The number of aromatic nitrogens is 1. The van der Waals surface area contributed by atoms with Crippen molar-refractivity contribution in [3.05, 3.63) is 53.2 Å². The number of nitrogens with one attached hydrogen (secondary N) is 1. The van der Waals surface area contributed by atoms with E-state index in [0.29, 0.717) is 30.3 Å². The summed E-state index contributed by atoms with van der Waals surface area (Å²) in [5.41, 5.74) is 2.95. The Morgan fingerprint density at radius 3 is 2.83 bits per heavy atom. The van der Waals surface area contributed by atoms with Crippen LogP contribution in [0.3, 0.4) is 0 Å². The molecule has 2 aliphatic rings. The molecule has 0 unspecified atom stereocenters. The molecule has 1 saturated heterocycles. The number of amides is 1. The van der Waals surface area contributed by atoms with E-state index < -0.39 is 12.6 Å². The molecule has 2 aliphatic heterocycles. The summed E-state index contributed by atoms with van der Waals surface area (Å²) in [4.78, 5) is 30.2. The van der Waals surface area contributed by atoms with Crippen molar-refractivity contribution in [2.75, 3.05) is 31.6 Å². The third kappa shape index (κ3) is 4.90. The fourth-order valence-corrected chi connectivity index (χ4v) is 4.17. The Morgan fingerprint density at radius 1 is 1.20 bits per heavy atom. The Bertz CT molecular complexity index is 922. The van der Waals surface area contributed by atoms with Gasteiger partial charge in [-0.25, -0.2) is 9.78 Å². The predicted octanol–water partition coefficient (Wildman–Crippen LogP) is 3.00. The van der Waals surface area contributed by atoms with Crippen LogP contribution >= 0.6 is 0 Å². The number of nitrogens with zero attached hydrogens (tertiary/aromatic N) is 2. The Morgan fingerprint density at radius 2 is 2.03 bits per heavy atom. The largest absolute Gasteiger partial charge is 0.482 e. The zero-order valence-electron chi connectivity index (χ0n) is 17.0. The van der Waals surface area contributed by atoms with Crippen LogP contribution in [0.5, 0.6) is 5.75 Å². The topological polar surface area (TPSA) is 91.8 Å². The number of anilines is 1. The van der Waals surface area contributed by atoms with E-state index in [2.05, 4.69) is 17.4 Å². The first-order chi connectivity index (χ1) is 14.6. The standard InChI is InChI=1S/C23H27N3O4/c27-21(28)15-30-20-5-1-3-18(14-20)23(29)26-11-8-16(9-12-26)13-19-7-6-17-4-2-10-24-22(17)25-19/h1,3,5-7,14,16H,2,4,8-13,15H2,(H,24,25)(H,27,28). The predicted molar refractivity (Wildman–Crippen MR) is 113 cm³/mol. The van der Waals surface area contributed by atoms with Crippen LogP contribution in [0.15, 0.2) is 36.4 Å². The van der Waals surface area contributed by atoms with Crippen LogP contribution < -0.4 is 10.1 Å². The fourth-order valence-electron chi connectivity index (χ4n) is 4.17. The van der Waals surface area contributed by atoms with Crippen molar-refractivity contribution in [3.63, 3.8) is 0 Å². The molecule has 1 aromatic carbocycles. The summed E-state index contributed by atoms with van der Waals surface area (Å²) in [5.74, 6) is 0.873. The first kappa shape index (κ1) is 20.2. The molecular formula is C23H27N3O4. The minimum absolute atomic E-state index is 0.0367. The molecule has 2 N–H and O–H groups in total. The number of rotatable bonds is 6. The molecule has 7 heteroatoms. The van der Waals surface area contributed by atoms with Gasteiger partial charge in [-0.1, -0.05) is 12.1 Å². The maximum atomic E-state index is 12.8. The van der Waals surface area contributed by atoms with Crippen molar-refractivity contribution in [2.24, 2.45) is 5.92 Å². The summed E-state index contributed by atoms with van der Waals surface area (Å²) in [6.45, 7) is 2.00. The third-order valence-corrected chi connectivity index (χ3v) is 5.79. The van der Waals surface area contributed by atoms with Crippen molar-refractivity contribution in [1.29, 1.82) is 0 Å². The smallest absolute Gasteiger partial charge is 0.341 e. The first-order valence-corrected chi connectivity index (χ1v) is 10.5. The van der Waals surface area contributed by atoms with Crippen molar-refractivity contribution >= 4 is 17.7 Å². The molecule has 1 fully saturated rings. The van der Waals surface area contributed by atoms with Crippen LogP contribution in [0.4, 0.5) is 5.82 Å². The molecule has 0 atom stereocenters. The van der Waals surface area contributed by atoms with E-state index in [9.17, 15) is 9.59 Å². The number of benzene rings is 1. The van der Waals surface area contributed by atoms with E-state index in [-0.39, 0.29) is 5.91 Å². The number of carboxylic acid groups (broad SMARTS) is 1. The van der Waals surface area contributed by atoms with Gasteiger partial charge in [-0.05, 0) is 67.9 Å². The summed E-state index contributed by atoms with van der Waals surface area (Å²) in [5, 5.41) is 12.1. The molecule has 0 saturated carbocycles. The van der Waals surface area contributed by atoms with Gasteiger partial charge in [-0.15, -0.1) is 0 Å². The Hall–Kier alpha value is -3.09. The number of piperidine rings is 1. The number of carbonyl (C=O) groups excluding carboxylic acids is 1. The molecule has 3 heterocycles. The number of aryl methyl sites for hydroxylation is 1. The average molecular weight is 409 g/mol.